The summed E-state index contributed by atoms with van der Waals surface area (Å²) < 4.78 is 32.6. The van der Waals surface area contributed by atoms with Gasteiger partial charge in [0.15, 0.2) is 23.1 Å². The maximum Gasteiger partial charge on any atom is 0.357 e. The number of pyridine rings is 1. The molecule has 0 amide bonds. The van der Waals surface area contributed by atoms with E-state index in [9.17, 15) is 13.6 Å². The van der Waals surface area contributed by atoms with Crippen LogP contribution in [0, 0.1) is 18.7 Å². The molecule has 4 nitrogen and oxygen atoms in total. The Morgan fingerprint density at radius 2 is 2.18 bits per heavy atom. The van der Waals surface area contributed by atoms with E-state index in [1.807, 2.05) is 0 Å². The minimum Gasteiger partial charge on any atom is -0.461 e. The molecule has 0 atom stereocenters. The second kappa shape index (κ2) is 4.12. The smallest absolute Gasteiger partial charge is 0.357 e. The summed E-state index contributed by atoms with van der Waals surface area (Å²) in [5.74, 6) is -2.17. The highest BCUT2D eigenvalue weighted by molar-refractivity contribution is 5.90. The lowest BCUT2D eigenvalue weighted by Crippen LogP contribution is -2.11. The number of carbonyl (C=O) groups excluding carboxylic acids is 1. The number of ether oxygens (including phenoxy) is 1. The minimum atomic E-state index is -0.759. The van der Waals surface area contributed by atoms with E-state index in [1.54, 1.807) is 6.92 Å². The van der Waals surface area contributed by atoms with Gasteiger partial charge in [-0.1, -0.05) is 0 Å². The third-order valence-electron chi connectivity index (χ3n) is 2.31. The topological polar surface area (TPSA) is 43.6 Å². The number of fused-ring (bicyclic) bond motifs is 1. The first-order valence-corrected chi connectivity index (χ1v) is 5.06. The second-order valence-electron chi connectivity index (χ2n) is 3.43. The number of imidazole rings is 1. The standard InChI is InChI=1S/C11H10F2N2O2/c1-3-17-11(16)9-6(2)14-10-7(12)4-5-8(13)15(9)10/h4-5H,3H2,1-2H3. The van der Waals surface area contributed by atoms with Crippen molar-refractivity contribution in [1.29, 1.82) is 0 Å². The molecule has 90 valence electrons. The van der Waals surface area contributed by atoms with Gasteiger partial charge in [0.2, 0.25) is 0 Å². The molecule has 2 aromatic rings. The van der Waals surface area contributed by atoms with Gasteiger partial charge in [0.25, 0.3) is 0 Å². The van der Waals surface area contributed by atoms with Gasteiger partial charge in [-0.25, -0.2) is 14.2 Å². The summed E-state index contributed by atoms with van der Waals surface area (Å²) >= 11 is 0. The summed E-state index contributed by atoms with van der Waals surface area (Å²) in [6, 6.07) is 1.90. The molecular formula is C11H10F2N2O2. The molecule has 0 aliphatic carbocycles. The van der Waals surface area contributed by atoms with Crippen LogP contribution in [0.4, 0.5) is 8.78 Å². The average molecular weight is 240 g/mol. The number of aryl methyl sites for hydroxylation is 1. The van der Waals surface area contributed by atoms with Gasteiger partial charge < -0.3 is 4.74 Å². The molecule has 0 fully saturated rings. The fourth-order valence-electron chi connectivity index (χ4n) is 1.63. The van der Waals surface area contributed by atoms with Crippen molar-refractivity contribution < 1.29 is 18.3 Å². The van der Waals surface area contributed by atoms with Crippen molar-refractivity contribution in [3.63, 3.8) is 0 Å². The highest BCUT2D eigenvalue weighted by atomic mass is 19.1. The van der Waals surface area contributed by atoms with Gasteiger partial charge in [-0.05, 0) is 26.0 Å². The molecule has 0 saturated heterocycles. The van der Waals surface area contributed by atoms with E-state index >= 15 is 0 Å². The largest absolute Gasteiger partial charge is 0.461 e. The van der Waals surface area contributed by atoms with E-state index in [4.69, 9.17) is 4.74 Å². The zero-order chi connectivity index (χ0) is 12.6. The van der Waals surface area contributed by atoms with Gasteiger partial charge >= 0.3 is 5.97 Å². The maximum atomic E-state index is 13.6. The lowest BCUT2D eigenvalue weighted by molar-refractivity contribution is 0.0515. The van der Waals surface area contributed by atoms with E-state index in [0.29, 0.717) is 0 Å². The van der Waals surface area contributed by atoms with Gasteiger partial charge in [-0.3, -0.25) is 4.40 Å². The number of esters is 1. The summed E-state index contributed by atoms with van der Waals surface area (Å²) in [6.07, 6.45) is 0. The second-order valence-corrected chi connectivity index (χ2v) is 3.43. The molecule has 2 aromatic heterocycles. The zero-order valence-corrected chi connectivity index (χ0v) is 9.33. The molecule has 2 rings (SSSR count). The fraction of sp³-hybridized carbons (Fsp3) is 0.273. The predicted molar refractivity (Wildman–Crippen MR) is 55.8 cm³/mol. The fourth-order valence-corrected chi connectivity index (χ4v) is 1.63. The van der Waals surface area contributed by atoms with E-state index in [-0.39, 0.29) is 23.6 Å². The summed E-state index contributed by atoms with van der Waals surface area (Å²) in [4.78, 5) is 15.5. The van der Waals surface area contributed by atoms with Crippen LogP contribution in [0.25, 0.3) is 5.65 Å². The predicted octanol–water partition coefficient (Wildman–Crippen LogP) is 2.10. The Morgan fingerprint density at radius 3 is 2.82 bits per heavy atom. The quantitative estimate of drug-likeness (QED) is 0.596. The number of carbonyl (C=O) groups is 1. The lowest BCUT2D eigenvalue weighted by atomic mass is 10.3. The van der Waals surface area contributed by atoms with Crippen LogP contribution < -0.4 is 0 Å². The molecule has 6 heteroatoms. The number of halogens is 2. The molecule has 0 spiro atoms. The highest BCUT2D eigenvalue weighted by Gasteiger charge is 2.21. The Morgan fingerprint density at radius 1 is 1.47 bits per heavy atom. The summed E-state index contributed by atoms with van der Waals surface area (Å²) in [6.45, 7) is 3.29. The monoisotopic (exact) mass is 240 g/mol. The molecule has 0 saturated carbocycles. The Balaban J connectivity index is 2.74. The van der Waals surface area contributed by atoms with Crippen LogP contribution in [0.3, 0.4) is 0 Å². The third kappa shape index (κ3) is 1.75. The zero-order valence-electron chi connectivity index (χ0n) is 9.33. The van der Waals surface area contributed by atoms with Crippen molar-refractivity contribution in [2.24, 2.45) is 0 Å². The number of nitrogens with zero attached hydrogens (tertiary/aromatic N) is 2. The van der Waals surface area contributed by atoms with Crippen LogP contribution in [-0.2, 0) is 4.74 Å². The first-order chi connectivity index (χ1) is 8.06. The Bertz CT molecular complexity index is 593. The molecule has 0 unspecified atom stereocenters. The molecule has 0 aliphatic heterocycles. The maximum absolute atomic E-state index is 13.6. The molecule has 17 heavy (non-hydrogen) atoms. The van der Waals surface area contributed by atoms with Crippen molar-refractivity contribution in [1.82, 2.24) is 9.38 Å². The van der Waals surface area contributed by atoms with Crippen LogP contribution in [0.5, 0.6) is 0 Å². The normalized spacial score (nSPS) is 10.8. The number of hydrogen-bond donors (Lipinski definition) is 0. The Hall–Kier alpha value is -1.98. The number of rotatable bonds is 2. The third-order valence-corrected chi connectivity index (χ3v) is 2.31. The molecule has 0 N–H and O–H groups in total. The van der Waals surface area contributed by atoms with Crippen LogP contribution in [0.1, 0.15) is 23.1 Å². The molecule has 0 aliphatic rings. The van der Waals surface area contributed by atoms with E-state index in [1.165, 1.54) is 6.92 Å². The van der Waals surface area contributed by atoms with Crippen molar-refractivity contribution >= 4 is 11.6 Å². The minimum absolute atomic E-state index is 0.0844. The van der Waals surface area contributed by atoms with Crippen molar-refractivity contribution in [3.05, 3.63) is 35.3 Å². The molecule has 2 heterocycles. The summed E-state index contributed by atoms with van der Waals surface area (Å²) in [5.41, 5.74) is -0.0724. The van der Waals surface area contributed by atoms with Gasteiger partial charge in [0.1, 0.15) is 0 Å². The van der Waals surface area contributed by atoms with Crippen molar-refractivity contribution in [2.45, 2.75) is 13.8 Å². The first-order valence-electron chi connectivity index (χ1n) is 5.06. The van der Waals surface area contributed by atoms with Gasteiger partial charge in [0.05, 0.1) is 12.3 Å². The van der Waals surface area contributed by atoms with Crippen LogP contribution in [0.2, 0.25) is 0 Å². The molecule has 0 bridgehead atoms. The van der Waals surface area contributed by atoms with Crippen LogP contribution in [-0.4, -0.2) is 22.0 Å². The number of aromatic nitrogens is 2. The molecular weight excluding hydrogens is 230 g/mol. The van der Waals surface area contributed by atoms with E-state index < -0.39 is 17.7 Å². The SMILES string of the molecule is CCOC(=O)c1c(C)nc2c(F)ccc(F)n12. The summed E-state index contributed by atoms with van der Waals surface area (Å²) in [7, 11) is 0. The Labute approximate surface area is 95.8 Å². The van der Waals surface area contributed by atoms with Crippen molar-refractivity contribution in [3.8, 4) is 0 Å². The lowest BCUT2D eigenvalue weighted by Gasteiger charge is -2.03. The van der Waals surface area contributed by atoms with Crippen LogP contribution in [0.15, 0.2) is 12.1 Å². The highest BCUT2D eigenvalue weighted by Crippen LogP contribution is 2.18. The molecule has 0 radical (unpaired) electrons. The Kier molecular flexibility index (Phi) is 2.79. The van der Waals surface area contributed by atoms with Gasteiger partial charge in [0, 0.05) is 0 Å². The van der Waals surface area contributed by atoms with Crippen LogP contribution >= 0.6 is 0 Å². The average Bonchev–Trinajstić information content (AvgIpc) is 2.63. The molecule has 0 aromatic carbocycles. The van der Waals surface area contributed by atoms with E-state index in [0.717, 1.165) is 16.5 Å². The van der Waals surface area contributed by atoms with E-state index in [2.05, 4.69) is 4.98 Å². The van der Waals surface area contributed by atoms with Crippen molar-refractivity contribution in [2.75, 3.05) is 6.61 Å². The van der Waals surface area contributed by atoms with Gasteiger partial charge in [-0.15, -0.1) is 0 Å². The summed E-state index contributed by atoms with van der Waals surface area (Å²) in [5, 5.41) is 0. The van der Waals surface area contributed by atoms with Gasteiger partial charge in [-0.2, -0.15) is 4.39 Å². The number of hydrogen-bond acceptors (Lipinski definition) is 3. The first kappa shape index (κ1) is 11.5.